The molecule has 1 amide bonds. The maximum atomic E-state index is 12.9. The smallest absolute Gasteiger partial charge is 0.262 e. The van der Waals surface area contributed by atoms with Crippen molar-refractivity contribution in [3.05, 3.63) is 70.5 Å². The van der Waals surface area contributed by atoms with Crippen LogP contribution in [-0.4, -0.2) is 21.2 Å². The van der Waals surface area contributed by atoms with Crippen LogP contribution < -0.4 is 10.9 Å². The number of rotatable bonds is 8. The van der Waals surface area contributed by atoms with Crippen molar-refractivity contribution in [3.63, 3.8) is 0 Å². The first-order chi connectivity index (χ1) is 13.6. The predicted octanol–water partition coefficient (Wildman–Crippen LogP) is 4.17. The van der Waals surface area contributed by atoms with Gasteiger partial charge < -0.3 is 5.32 Å². The lowest BCUT2D eigenvalue weighted by molar-refractivity contribution is -0.119. The minimum Gasteiger partial charge on any atom is -0.349 e. The molecule has 3 aromatic rings. The highest BCUT2D eigenvalue weighted by atomic mass is 32.2. The van der Waals surface area contributed by atoms with Crippen molar-refractivity contribution in [1.29, 1.82) is 0 Å². The van der Waals surface area contributed by atoms with Gasteiger partial charge in [0, 0.05) is 6.54 Å². The lowest BCUT2D eigenvalue weighted by atomic mass is 10.1. The zero-order chi connectivity index (χ0) is 19.9. The van der Waals surface area contributed by atoms with Gasteiger partial charge in [-0.3, -0.25) is 14.2 Å². The number of nitrogens with one attached hydrogen (secondary N) is 1. The molecule has 3 rings (SSSR count). The Morgan fingerprint density at radius 2 is 1.86 bits per heavy atom. The summed E-state index contributed by atoms with van der Waals surface area (Å²) in [6.45, 7) is 4.66. The van der Waals surface area contributed by atoms with Crippen LogP contribution in [0.15, 0.2) is 64.5 Å². The third kappa shape index (κ3) is 4.81. The lowest BCUT2D eigenvalue weighted by Crippen LogP contribution is -2.29. The first kappa shape index (κ1) is 20.1. The summed E-state index contributed by atoms with van der Waals surface area (Å²) >= 11 is 1.31. The van der Waals surface area contributed by atoms with Gasteiger partial charge in [-0.1, -0.05) is 67.6 Å². The molecule has 0 spiro atoms. The molecule has 28 heavy (non-hydrogen) atoms. The number of benzene rings is 2. The molecule has 2 aromatic carbocycles. The normalized spacial score (nSPS) is 12.1. The number of amides is 1. The molecule has 0 saturated heterocycles. The summed E-state index contributed by atoms with van der Waals surface area (Å²) in [6, 6.07) is 17.1. The first-order valence-corrected chi connectivity index (χ1v) is 10.6. The van der Waals surface area contributed by atoms with Crippen molar-refractivity contribution in [2.24, 2.45) is 0 Å². The SMILES string of the molecule is CCCCn1c(SCC(=O)NC(C)c2ccccc2)nc2ccccc2c1=O. The van der Waals surface area contributed by atoms with E-state index in [4.69, 9.17) is 0 Å². The number of fused-ring (bicyclic) bond motifs is 1. The second-order valence-corrected chi connectivity index (χ2v) is 7.65. The highest BCUT2D eigenvalue weighted by Gasteiger charge is 2.14. The molecule has 1 unspecified atom stereocenters. The molecule has 1 aromatic heterocycles. The number of carbonyl (C=O) groups excluding carboxylic acids is 1. The second kappa shape index (κ2) is 9.55. The van der Waals surface area contributed by atoms with E-state index in [9.17, 15) is 9.59 Å². The van der Waals surface area contributed by atoms with Crippen molar-refractivity contribution in [2.45, 2.75) is 44.4 Å². The lowest BCUT2D eigenvalue weighted by Gasteiger charge is -2.15. The molecule has 0 bridgehead atoms. The Balaban J connectivity index is 1.75. The van der Waals surface area contributed by atoms with Crippen LogP contribution in [0.1, 0.15) is 38.3 Å². The van der Waals surface area contributed by atoms with E-state index in [1.165, 1.54) is 11.8 Å². The van der Waals surface area contributed by atoms with E-state index in [0.717, 1.165) is 18.4 Å². The van der Waals surface area contributed by atoms with Crippen molar-refractivity contribution < 1.29 is 4.79 Å². The molecule has 0 fully saturated rings. The fraction of sp³-hybridized carbons (Fsp3) is 0.318. The van der Waals surface area contributed by atoms with Gasteiger partial charge in [0.1, 0.15) is 0 Å². The first-order valence-electron chi connectivity index (χ1n) is 9.57. The Labute approximate surface area is 169 Å². The maximum Gasteiger partial charge on any atom is 0.262 e. The Kier molecular flexibility index (Phi) is 6.87. The number of carbonyl (C=O) groups is 1. The monoisotopic (exact) mass is 395 g/mol. The number of thioether (sulfide) groups is 1. The zero-order valence-electron chi connectivity index (χ0n) is 16.2. The third-order valence-electron chi connectivity index (χ3n) is 4.57. The van der Waals surface area contributed by atoms with Gasteiger partial charge in [-0.2, -0.15) is 0 Å². The van der Waals surface area contributed by atoms with E-state index in [1.54, 1.807) is 10.6 Å². The molecular formula is C22H25N3O2S. The molecule has 0 aliphatic carbocycles. The summed E-state index contributed by atoms with van der Waals surface area (Å²) in [4.78, 5) is 29.9. The number of hydrogen-bond donors (Lipinski definition) is 1. The minimum atomic E-state index is -0.0780. The van der Waals surface area contributed by atoms with Crippen LogP contribution in [0.5, 0.6) is 0 Å². The largest absolute Gasteiger partial charge is 0.349 e. The van der Waals surface area contributed by atoms with E-state index >= 15 is 0 Å². The topological polar surface area (TPSA) is 64.0 Å². The van der Waals surface area contributed by atoms with Crippen LogP contribution in [0.4, 0.5) is 0 Å². The summed E-state index contributed by atoms with van der Waals surface area (Å²) in [5, 5.41) is 4.22. The quantitative estimate of drug-likeness (QED) is 0.459. The van der Waals surface area contributed by atoms with Gasteiger partial charge in [-0.05, 0) is 31.0 Å². The van der Waals surface area contributed by atoms with Crippen molar-refractivity contribution >= 4 is 28.6 Å². The molecule has 0 saturated carbocycles. The van der Waals surface area contributed by atoms with E-state index in [1.807, 2.05) is 55.5 Å². The van der Waals surface area contributed by atoms with Gasteiger partial charge >= 0.3 is 0 Å². The van der Waals surface area contributed by atoms with E-state index in [-0.39, 0.29) is 23.3 Å². The van der Waals surface area contributed by atoms with Gasteiger partial charge in [-0.15, -0.1) is 0 Å². The van der Waals surface area contributed by atoms with Gasteiger partial charge in [0.25, 0.3) is 5.56 Å². The summed E-state index contributed by atoms with van der Waals surface area (Å²) in [6.07, 6.45) is 1.88. The Bertz CT molecular complexity index is 1000. The standard InChI is InChI=1S/C22H25N3O2S/c1-3-4-14-25-21(27)18-12-8-9-13-19(18)24-22(25)28-15-20(26)23-16(2)17-10-6-5-7-11-17/h5-13,16H,3-4,14-15H2,1-2H3,(H,23,26). The van der Waals surface area contributed by atoms with Gasteiger partial charge in [0.2, 0.25) is 5.91 Å². The molecule has 0 aliphatic rings. The van der Waals surface area contributed by atoms with Gasteiger partial charge in [-0.25, -0.2) is 4.98 Å². The maximum absolute atomic E-state index is 12.9. The van der Waals surface area contributed by atoms with Crippen LogP contribution in [-0.2, 0) is 11.3 Å². The Hall–Kier alpha value is -2.60. The van der Waals surface area contributed by atoms with E-state index < -0.39 is 0 Å². The van der Waals surface area contributed by atoms with Gasteiger partial charge in [0.15, 0.2) is 5.16 Å². The van der Waals surface area contributed by atoms with Crippen LogP contribution >= 0.6 is 11.8 Å². The molecule has 1 heterocycles. The van der Waals surface area contributed by atoms with Crippen LogP contribution in [0.25, 0.3) is 10.9 Å². The molecular weight excluding hydrogens is 370 g/mol. The van der Waals surface area contributed by atoms with Gasteiger partial charge in [0.05, 0.1) is 22.7 Å². The molecule has 6 heteroatoms. The zero-order valence-corrected chi connectivity index (χ0v) is 17.0. The molecule has 0 radical (unpaired) electrons. The highest BCUT2D eigenvalue weighted by molar-refractivity contribution is 7.99. The molecule has 1 atom stereocenters. The minimum absolute atomic E-state index is 0.0420. The number of nitrogens with zero attached hydrogens (tertiary/aromatic N) is 2. The summed E-state index contributed by atoms with van der Waals surface area (Å²) in [7, 11) is 0. The number of aromatic nitrogens is 2. The van der Waals surface area contributed by atoms with E-state index in [0.29, 0.717) is 22.6 Å². The fourth-order valence-electron chi connectivity index (χ4n) is 3.01. The average Bonchev–Trinajstić information content (AvgIpc) is 2.72. The summed E-state index contributed by atoms with van der Waals surface area (Å²) in [5.41, 5.74) is 1.69. The fourth-order valence-corrected chi connectivity index (χ4v) is 3.85. The molecule has 5 nitrogen and oxygen atoms in total. The van der Waals surface area contributed by atoms with Crippen LogP contribution in [0, 0.1) is 0 Å². The summed E-state index contributed by atoms with van der Waals surface area (Å²) in [5.74, 6) is 0.138. The number of unbranched alkanes of at least 4 members (excludes halogenated alkanes) is 1. The Morgan fingerprint density at radius 1 is 1.14 bits per heavy atom. The van der Waals surface area contributed by atoms with Crippen molar-refractivity contribution in [1.82, 2.24) is 14.9 Å². The highest BCUT2D eigenvalue weighted by Crippen LogP contribution is 2.19. The second-order valence-electron chi connectivity index (χ2n) is 6.71. The Morgan fingerprint density at radius 3 is 2.61 bits per heavy atom. The predicted molar refractivity (Wildman–Crippen MR) is 115 cm³/mol. The third-order valence-corrected chi connectivity index (χ3v) is 5.55. The van der Waals surface area contributed by atoms with Crippen LogP contribution in [0.3, 0.4) is 0 Å². The average molecular weight is 396 g/mol. The number of para-hydroxylation sites is 1. The molecule has 1 N–H and O–H groups in total. The van der Waals surface area contributed by atoms with E-state index in [2.05, 4.69) is 17.2 Å². The van der Waals surface area contributed by atoms with Crippen molar-refractivity contribution in [3.8, 4) is 0 Å². The number of hydrogen-bond acceptors (Lipinski definition) is 4. The molecule has 0 aliphatic heterocycles. The van der Waals surface area contributed by atoms with Crippen molar-refractivity contribution in [2.75, 3.05) is 5.75 Å². The molecule has 146 valence electrons. The summed E-state index contributed by atoms with van der Waals surface area (Å²) < 4.78 is 1.70. The van der Waals surface area contributed by atoms with Crippen LogP contribution in [0.2, 0.25) is 0 Å².